The van der Waals surface area contributed by atoms with Crippen molar-refractivity contribution in [3.8, 4) is 17.2 Å². The lowest BCUT2D eigenvalue weighted by atomic mass is 9.99. The van der Waals surface area contributed by atoms with Gasteiger partial charge < -0.3 is 24.4 Å². The molecule has 6 heteroatoms. The average molecular weight is 378 g/mol. The molecule has 0 saturated carbocycles. The molecule has 2 aliphatic heterocycles. The van der Waals surface area contributed by atoms with E-state index >= 15 is 0 Å². The number of rotatable bonds is 9. The number of nitrogens with one attached hydrogen (secondary N) is 1. The second kappa shape index (κ2) is 10.2. The molecule has 0 amide bonds. The first-order valence-corrected chi connectivity index (χ1v) is 10.2. The molecule has 2 aliphatic rings. The van der Waals surface area contributed by atoms with Gasteiger partial charge in [-0.2, -0.15) is 0 Å². The minimum Gasteiger partial charge on any atom is -0.493 e. The van der Waals surface area contributed by atoms with Gasteiger partial charge in [0.05, 0.1) is 21.3 Å². The maximum absolute atomic E-state index is 5.43. The molecule has 0 spiro atoms. The summed E-state index contributed by atoms with van der Waals surface area (Å²) in [5.74, 6) is 2.06. The number of methoxy groups -OCH3 is 3. The van der Waals surface area contributed by atoms with Gasteiger partial charge in [0.25, 0.3) is 0 Å². The van der Waals surface area contributed by atoms with Crippen molar-refractivity contribution in [3.05, 3.63) is 17.7 Å². The third-order valence-corrected chi connectivity index (χ3v) is 5.80. The molecule has 2 fully saturated rings. The van der Waals surface area contributed by atoms with Crippen molar-refractivity contribution in [3.63, 3.8) is 0 Å². The van der Waals surface area contributed by atoms with Crippen LogP contribution in [0.2, 0.25) is 0 Å². The highest BCUT2D eigenvalue weighted by molar-refractivity contribution is 5.53. The summed E-state index contributed by atoms with van der Waals surface area (Å²) in [5.41, 5.74) is 1.14. The van der Waals surface area contributed by atoms with Crippen molar-refractivity contribution in [2.24, 2.45) is 0 Å². The Labute approximate surface area is 163 Å². The Morgan fingerprint density at radius 1 is 1.00 bits per heavy atom. The Bertz CT molecular complexity index is 571. The number of benzene rings is 1. The number of piperidine rings is 1. The Morgan fingerprint density at radius 3 is 2.48 bits per heavy atom. The molecule has 1 atom stereocenters. The zero-order valence-electron chi connectivity index (χ0n) is 17.1. The second-order valence-electron chi connectivity index (χ2n) is 7.55. The molecule has 1 aromatic rings. The summed E-state index contributed by atoms with van der Waals surface area (Å²) in [4.78, 5) is 5.34. The molecule has 0 aromatic heterocycles. The van der Waals surface area contributed by atoms with Gasteiger partial charge >= 0.3 is 0 Å². The van der Waals surface area contributed by atoms with Crippen LogP contribution in [0.3, 0.4) is 0 Å². The lowest BCUT2D eigenvalue weighted by molar-refractivity contribution is 0.0490. The first-order valence-electron chi connectivity index (χ1n) is 10.2. The minimum absolute atomic E-state index is 0.644. The Hall–Kier alpha value is -1.50. The van der Waals surface area contributed by atoms with Crippen LogP contribution in [0.1, 0.15) is 31.2 Å². The highest BCUT2D eigenvalue weighted by Crippen LogP contribution is 2.38. The van der Waals surface area contributed by atoms with E-state index in [4.69, 9.17) is 14.2 Å². The van der Waals surface area contributed by atoms with E-state index in [1.165, 1.54) is 58.4 Å². The van der Waals surface area contributed by atoms with Crippen molar-refractivity contribution in [1.29, 1.82) is 0 Å². The normalized spacial score (nSPS) is 20.9. The van der Waals surface area contributed by atoms with Crippen molar-refractivity contribution in [2.45, 2.75) is 38.3 Å². The zero-order valence-corrected chi connectivity index (χ0v) is 17.1. The third kappa shape index (κ3) is 5.27. The number of fused-ring (bicyclic) bond motifs is 1. The molecule has 6 nitrogen and oxygen atoms in total. The minimum atomic E-state index is 0.644. The van der Waals surface area contributed by atoms with Gasteiger partial charge in [0.1, 0.15) is 0 Å². The van der Waals surface area contributed by atoms with Gasteiger partial charge in [-0.3, -0.25) is 4.90 Å². The molecule has 2 saturated heterocycles. The predicted molar refractivity (Wildman–Crippen MR) is 108 cm³/mol. The summed E-state index contributed by atoms with van der Waals surface area (Å²) in [6.07, 6.45) is 5.36. The summed E-state index contributed by atoms with van der Waals surface area (Å²) >= 11 is 0. The molecular weight excluding hydrogens is 342 g/mol. The maximum Gasteiger partial charge on any atom is 0.203 e. The van der Waals surface area contributed by atoms with Crippen molar-refractivity contribution >= 4 is 0 Å². The number of hydrogen-bond acceptors (Lipinski definition) is 6. The molecule has 1 unspecified atom stereocenters. The largest absolute Gasteiger partial charge is 0.493 e. The van der Waals surface area contributed by atoms with Crippen molar-refractivity contribution in [1.82, 2.24) is 15.1 Å². The van der Waals surface area contributed by atoms with E-state index < -0.39 is 0 Å². The first kappa shape index (κ1) is 20.2. The van der Waals surface area contributed by atoms with Gasteiger partial charge in [0, 0.05) is 32.2 Å². The van der Waals surface area contributed by atoms with Gasteiger partial charge in [-0.25, -0.2) is 0 Å². The molecular formula is C21H35N3O3. The molecule has 0 aliphatic carbocycles. The summed E-state index contributed by atoms with van der Waals surface area (Å²) in [6, 6.07) is 4.83. The van der Waals surface area contributed by atoms with E-state index in [0.717, 1.165) is 24.7 Å². The van der Waals surface area contributed by atoms with E-state index in [1.54, 1.807) is 21.3 Å². The molecule has 0 radical (unpaired) electrons. The van der Waals surface area contributed by atoms with E-state index in [0.29, 0.717) is 17.2 Å². The van der Waals surface area contributed by atoms with Gasteiger partial charge in [0.2, 0.25) is 5.75 Å². The molecule has 3 rings (SSSR count). The Morgan fingerprint density at radius 2 is 1.78 bits per heavy atom. The second-order valence-corrected chi connectivity index (χ2v) is 7.55. The third-order valence-electron chi connectivity index (χ3n) is 5.80. The Balaban J connectivity index is 1.40. The summed E-state index contributed by atoms with van der Waals surface area (Å²) < 4.78 is 16.2. The van der Waals surface area contributed by atoms with Crippen LogP contribution < -0.4 is 19.5 Å². The molecule has 27 heavy (non-hydrogen) atoms. The van der Waals surface area contributed by atoms with Crippen LogP contribution in [0.4, 0.5) is 0 Å². The predicted octanol–water partition coefficient (Wildman–Crippen LogP) is 2.36. The summed E-state index contributed by atoms with van der Waals surface area (Å²) in [7, 11) is 4.94. The van der Waals surface area contributed by atoms with Crippen LogP contribution in [0, 0.1) is 0 Å². The molecule has 1 aromatic carbocycles. The van der Waals surface area contributed by atoms with E-state index in [9.17, 15) is 0 Å². The number of piperazine rings is 1. The number of ether oxygens (including phenoxy) is 3. The Kier molecular flexibility index (Phi) is 7.61. The van der Waals surface area contributed by atoms with Crippen LogP contribution in [0.15, 0.2) is 12.1 Å². The van der Waals surface area contributed by atoms with Crippen LogP contribution in [-0.4, -0.2) is 76.4 Å². The zero-order chi connectivity index (χ0) is 19.1. The molecule has 152 valence electrons. The van der Waals surface area contributed by atoms with E-state index in [2.05, 4.69) is 15.1 Å². The number of nitrogens with zero attached hydrogens (tertiary/aromatic N) is 2. The van der Waals surface area contributed by atoms with E-state index in [1.807, 2.05) is 12.1 Å². The molecule has 1 N–H and O–H groups in total. The van der Waals surface area contributed by atoms with Crippen LogP contribution >= 0.6 is 0 Å². The molecule has 0 bridgehead atoms. The van der Waals surface area contributed by atoms with Gasteiger partial charge in [-0.1, -0.05) is 6.42 Å². The maximum atomic E-state index is 5.43. The van der Waals surface area contributed by atoms with Crippen LogP contribution in [0.5, 0.6) is 17.2 Å². The highest BCUT2D eigenvalue weighted by atomic mass is 16.5. The number of hydrogen-bond donors (Lipinski definition) is 1. The van der Waals surface area contributed by atoms with Gasteiger partial charge in [0.15, 0.2) is 11.5 Å². The monoisotopic (exact) mass is 377 g/mol. The highest BCUT2D eigenvalue weighted by Gasteiger charge is 2.28. The first-order chi connectivity index (χ1) is 13.2. The standard InChI is InChI=1S/C21H35N3O3/c1-25-19-13-17(14-20(26-2)21(19)27-3)15-22-8-6-9-23-11-12-24-10-5-4-7-18(24)16-23/h13-14,18,22H,4-12,15-16H2,1-3H3. The fraction of sp³-hybridized carbons (Fsp3) is 0.714. The lowest BCUT2D eigenvalue weighted by Gasteiger charge is -2.44. The average Bonchev–Trinajstić information content (AvgIpc) is 2.72. The fourth-order valence-electron chi connectivity index (χ4n) is 4.32. The topological polar surface area (TPSA) is 46.2 Å². The van der Waals surface area contributed by atoms with Crippen molar-refractivity contribution in [2.75, 3.05) is 60.6 Å². The lowest BCUT2D eigenvalue weighted by Crippen LogP contribution is -2.54. The van der Waals surface area contributed by atoms with E-state index in [-0.39, 0.29) is 0 Å². The summed E-state index contributed by atoms with van der Waals surface area (Å²) in [5, 5.41) is 3.55. The van der Waals surface area contributed by atoms with Crippen molar-refractivity contribution < 1.29 is 14.2 Å². The smallest absolute Gasteiger partial charge is 0.203 e. The SMILES string of the molecule is COc1cc(CNCCCN2CCN3CCCCC3C2)cc(OC)c1OC. The van der Waals surface area contributed by atoms with Gasteiger partial charge in [-0.15, -0.1) is 0 Å². The van der Waals surface area contributed by atoms with Crippen LogP contribution in [-0.2, 0) is 6.54 Å². The van der Waals surface area contributed by atoms with Gasteiger partial charge in [-0.05, 0) is 56.6 Å². The van der Waals surface area contributed by atoms with Crippen LogP contribution in [0.25, 0.3) is 0 Å². The quantitative estimate of drug-likeness (QED) is 0.667. The molecule has 2 heterocycles. The fourth-order valence-corrected chi connectivity index (χ4v) is 4.32. The summed E-state index contributed by atoms with van der Waals surface area (Å²) in [6.45, 7) is 8.05.